The van der Waals surface area contributed by atoms with E-state index in [1.165, 1.54) is 0 Å². The number of pyridine rings is 1. The summed E-state index contributed by atoms with van der Waals surface area (Å²) in [6.45, 7) is 0. The molecule has 2 aromatic heterocycles. The fraction of sp³-hybridized carbons (Fsp3) is 0. The Balaban J connectivity index is 1.77. The average molecular weight is 279 g/mol. The van der Waals surface area contributed by atoms with Crippen molar-refractivity contribution in [3.05, 3.63) is 60.4 Å². The SMILES string of the molecule is N[N+]12C=C(c3cccnc3)N=CC1=NC(c1ccco1)=N2. The number of aromatic nitrogens is 1. The van der Waals surface area contributed by atoms with Gasteiger partial charge in [0, 0.05) is 18.0 Å². The number of furan rings is 1. The van der Waals surface area contributed by atoms with Crippen LogP contribution in [0.3, 0.4) is 0 Å². The van der Waals surface area contributed by atoms with Gasteiger partial charge >= 0.3 is 0 Å². The van der Waals surface area contributed by atoms with Crippen LogP contribution in [0.1, 0.15) is 11.3 Å². The molecule has 7 heteroatoms. The molecule has 1 unspecified atom stereocenters. The quantitative estimate of drug-likeness (QED) is 0.667. The van der Waals surface area contributed by atoms with Crippen LogP contribution in [0.15, 0.2) is 68.6 Å². The summed E-state index contributed by atoms with van der Waals surface area (Å²) in [4.78, 5) is 12.8. The van der Waals surface area contributed by atoms with Gasteiger partial charge in [-0.2, -0.15) is 4.99 Å². The van der Waals surface area contributed by atoms with Crippen LogP contribution in [0.4, 0.5) is 0 Å². The van der Waals surface area contributed by atoms with Gasteiger partial charge in [0.2, 0.25) is 0 Å². The maximum absolute atomic E-state index is 6.28. The van der Waals surface area contributed by atoms with Crippen LogP contribution in [-0.4, -0.2) is 27.6 Å². The molecule has 0 aliphatic carbocycles. The molecule has 0 fully saturated rings. The Morgan fingerprint density at radius 1 is 1.19 bits per heavy atom. The van der Waals surface area contributed by atoms with Crippen molar-refractivity contribution in [3.63, 3.8) is 0 Å². The topological polar surface area (TPSA) is 89.1 Å². The molecular formula is C14H11N6O+. The minimum absolute atomic E-state index is 0.274. The van der Waals surface area contributed by atoms with Crippen LogP contribution in [0.25, 0.3) is 5.70 Å². The first-order valence-electron chi connectivity index (χ1n) is 6.33. The number of amidine groups is 2. The zero-order valence-electron chi connectivity index (χ0n) is 10.9. The molecule has 2 aliphatic rings. The summed E-state index contributed by atoms with van der Waals surface area (Å²) < 4.78 is 5.03. The number of quaternary nitrogens is 1. The molecule has 0 saturated heterocycles. The third-order valence-electron chi connectivity index (χ3n) is 3.18. The largest absolute Gasteiger partial charge is 0.461 e. The predicted molar refractivity (Wildman–Crippen MR) is 77.8 cm³/mol. The molecule has 4 rings (SSSR count). The van der Waals surface area contributed by atoms with E-state index >= 15 is 0 Å². The lowest BCUT2D eigenvalue weighted by atomic mass is 10.2. The Morgan fingerprint density at radius 3 is 2.90 bits per heavy atom. The van der Waals surface area contributed by atoms with Crippen molar-refractivity contribution in [2.45, 2.75) is 0 Å². The molecule has 0 bridgehead atoms. The van der Waals surface area contributed by atoms with Gasteiger partial charge in [0.1, 0.15) is 11.9 Å². The molecule has 0 radical (unpaired) electrons. The Bertz CT molecular complexity index is 803. The lowest BCUT2D eigenvalue weighted by Crippen LogP contribution is -2.50. The lowest BCUT2D eigenvalue weighted by molar-refractivity contribution is -0.802. The third kappa shape index (κ3) is 1.92. The summed E-state index contributed by atoms with van der Waals surface area (Å²) in [5.41, 5.74) is 1.58. The molecule has 2 aromatic rings. The molecule has 1 atom stereocenters. The van der Waals surface area contributed by atoms with Crippen LogP contribution >= 0.6 is 0 Å². The number of hydrogen-bond donors (Lipinski definition) is 1. The molecular weight excluding hydrogens is 268 g/mol. The summed E-state index contributed by atoms with van der Waals surface area (Å²) in [6.07, 6.45) is 8.35. The molecule has 2 aliphatic heterocycles. The Kier molecular flexibility index (Phi) is 2.44. The fourth-order valence-electron chi connectivity index (χ4n) is 2.16. The molecule has 21 heavy (non-hydrogen) atoms. The van der Waals surface area contributed by atoms with E-state index in [-0.39, 0.29) is 4.70 Å². The maximum atomic E-state index is 6.28. The van der Waals surface area contributed by atoms with E-state index < -0.39 is 0 Å². The van der Waals surface area contributed by atoms with Gasteiger partial charge in [0.05, 0.1) is 6.26 Å². The normalized spacial score (nSPS) is 23.4. The van der Waals surface area contributed by atoms with Crippen LogP contribution in [0.5, 0.6) is 0 Å². The van der Waals surface area contributed by atoms with Crippen LogP contribution < -0.4 is 5.84 Å². The smallest absolute Gasteiger partial charge is 0.300 e. The van der Waals surface area contributed by atoms with Gasteiger partial charge in [-0.1, -0.05) is 0 Å². The van der Waals surface area contributed by atoms with Crippen LogP contribution in [0, 0.1) is 0 Å². The summed E-state index contributed by atoms with van der Waals surface area (Å²) in [6, 6.07) is 7.33. The molecule has 0 amide bonds. The zero-order valence-corrected chi connectivity index (χ0v) is 10.9. The van der Waals surface area contributed by atoms with Crippen LogP contribution in [0.2, 0.25) is 0 Å². The highest BCUT2D eigenvalue weighted by Gasteiger charge is 2.40. The second-order valence-corrected chi connectivity index (χ2v) is 4.62. The van der Waals surface area contributed by atoms with Crippen molar-refractivity contribution in [2.24, 2.45) is 20.9 Å². The van der Waals surface area contributed by atoms with Gasteiger partial charge in [0.15, 0.2) is 12.0 Å². The van der Waals surface area contributed by atoms with Gasteiger partial charge in [-0.05, 0) is 34.1 Å². The van der Waals surface area contributed by atoms with E-state index in [0.29, 0.717) is 23.1 Å². The number of aliphatic imine (C=N–C) groups is 2. The van der Waals surface area contributed by atoms with E-state index in [1.807, 2.05) is 12.1 Å². The van der Waals surface area contributed by atoms with Gasteiger partial charge in [0.25, 0.3) is 11.7 Å². The van der Waals surface area contributed by atoms with E-state index in [9.17, 15) is 0 Å². The summed E-state index contributed by atoms with van der Waals surface area (Å²) in [5, 5.41) is 4.41. The average Bonchev–Trinajstić information content (AvgIpc) is 3.13. The zero-order chi connectivity index (χ0) is 14.3. The summed E-state index contributed by atoms with van der Waals surface area (Å²) >= 11 is 0. The molecule has 4 heterocycles. The van der Waals surface area contributed by atoms with Gasteiger partial charge < -0.3 is 4.42 Å². The van der Waals surface area contributed by atoms with E-state index in [1.54, 1.807) is 43.2 Å². The lowest BCUT2D eigenvalue weighted by Gasteiger charge is -2.19. The Hall–Kier alpha value is -2.90. The number of nitrogens with two attached hydrogens (primary N) is 1. The molecule has 0 aromatic carbocycles. The van der Waals surface area contributed by atoms with Crippen molar-refractivity contribution in [3.8, 4) is 0 Å². The van der Waals surface area contributed by atoms with Crippen molar-refractivity contribution in [1.82, 2.24) is 4.98 Å². The summed E-state index contributed by atoms with van der Waals surface area (Å²) in [7, 11) is 0. The minimum atomic E-state index is -0.274. The van der Waals surface area contributed by atoms with Crippen molar-refractivity contribution < 1.29 is 9.12 Å². The van der Waals surface area contributed by atoms with Gasteiger partial charge in [-0.25, -0.2) is 4.99 Å². The summed E-state index contributed by atoms with van der Waals surface area (Å²) in [5.74, 6) is 7.84. The predicted octanol–water partition coefficient (Wildman–Crippen LogP) is 1.52. The highest BCUT2D eigenvalue weighted by molar-refractivity contribution is 6.32. The first kappa shape index (κ1) is 11.9. The third-order valence-corrected chi connectivity index (χ3v) is 3.18. The van der Waals surface area contributed by atoms with E-state index in [4.69, 9.17) is 10.3 Å². The molecule has 0 saturated carbocycles. The fourth-order valence-corrected chi connectivity index (χ4v) is 2.16. The second kappa shape index (κ2) is 4.30. The first-order valence-corrected chi connectivity index (χ1v) is 6.33. The van der Waals surface area contributed by atoms with E-state index in [0.717, 1.165) is 5.56 Å². The second-order valence-electron chi connectivity index (χ2n) is 4.62. The highest BCUT2D eigenvalue weighted by Crippen LogP contribution is 2.25. The first-order chi connectivity index (χ1) is 10.2. The number of hydrogen-bond acceptors (Lipinski definition) is 6. The van der Waals surface area contributed by atoms with Gasteiger partial charge in [-0.15, -0.1) is 5.84 Å². The molecule has 102 valence electrons. The minimum Gasteiger partial charge on any atom is -0.461 e. The maximum Gasteiger partial charge on any atom is 0.300 e. The van der Waals surface area contributed by atoms with Crippen molar-refractivity contribution >= 4 is 23.6 Å². The Morgan fingerprint density at radius 2 is 2.14 bits per heavy atom. The highest BCUT2D eigenvalue weighted by atomic mass is 16.3. The number of fused-ring (bicyclic) bond motifs is 1. The number of rotatable bonds is 2. The van der Waals surface area contributed by atoms with Crippen molar-refractivity contribution in [2.75, 3.05) is 0 Å². The van der Waals surface area contributed by atoms with Gasteiger partial charge in [-0.3, -0.25) is 4.98 Å². The molecule has 7 nitrogen and oxygen atoms in total. The van der Waals surface area contributed by atoms with E-state index in [2.05, 4.69) is 20.1 Å². The monoisotopic (exact) mass is 279 g/mol. The van der Waals surface area contributed by atoms with Crippen molar-refractivity contribution in [1.29, 1.82) is 0 Å². The Labute approximate surface area is 120 Å². The number of nitrogens with zero attached hydrogens (tertiary/aromatic N) is 5. The molecule has 0 spiro atoms. The van der Waals surface area contributed by atoms with Crippen LogP contribution in [-0.2, 0) is 0 Å². The standard InChI is InChI=1S/C14H11N6O/c15-20-9-11(10-3-1-5-16-7-10)17-8-13(20)18-14(19-20)12-4-2-6-21-12/h1-9H,15H2/q+1. The molecule has 2 N–H and O–H groups in total.